The summed E-state index contributed by atoms with van der Waals surface area (Å²) in [6.45, 7) is 8.16. The van der Waals surface area contributed by atoms with Crippen molar-refractivity contribution in [3.05, 3.63) is 0 Å². The number of likely N-dealkylation sites (N-methyl/N-ethyl adjacent to an activating group) is 1. The summed E-state index contributed by atoms with van der Waals surface area (Å²) in [5, 5.41) is 25.4. The molecule has 6 atom stereocenters. The number of amides is 7. The van der Waals surface area contributed by atoms with Gasteiger partial charge in [-0.25, -0.2) is 0 Å². The predicted octanol–water partition coefficient (Wildman–Crippen LogP) is 1.98. The minimum Gasteiger partial charge on any atom is -0.391 e. The van der Waals surface area contributed by atoms with Crippen LogP contribution in [0.5, 0.6) is 0 Å². The first-order valence-electron chi connectivity index (χ1n) is 19.3. The van der Waals surface area contributed by atoms with E-state index in [0.717, 1.165) is 19.3 Å². The molecule has 15 heteroatoms. The molecule has 0 fully saturated rings. The van der Waals surface area contributed by atoms with E-state index < -0.39 is 71.6 Å². The first kappa shape index (κ1) is 48.2. The van der Waals surface area contributed by atoms with Crippen LogP contribution in [0.4, 0.5) is 0 Å². The molecule has 1 unspecified atom stereocenters. The Hall–Kier alpha value is -3.75. The van der Waals surface area contributed by atoms with Gasteiger partial charge in [0.2, 0.25) is 41.4 Å². The van der Waals surface area contributed by atoms with E-state index in [0.29, 0.717) is 12.8 Å². The average molecular weight is 740 g/mol. The highest BCUT2D eigenvalue weighted by Gasteiger charge is 2.34. The summed E-state index contributed by atoms with van der Waals surface area (Å²) >= 11 is 0. The van der Waals surface area contributed by atoms with E-state index >= 15 is 0 Å². The van der Waals surface area contributed by atoms with Crippen molar-refractivity contribution < 1.29 is 38.7 Å². The molecule has 0 aromatic carbocycles. The van der Waals surface area contributed by atoms with Gasteiger partial charge in [0.25, 0.3) is 0 Å². The predicted molar refractivity (Wildman–Crippen MR) is 200 cm³/mol. The fourth-order valence-electron chi connectivity index (χ4n) is 5.51. The summed E-state index contributed by atoms with van der Waals surface area (Å²) in [4.78, 5) is 88.1. The Bertz CT molecular complexity index is 1100. The largest absolute Gasteiger partial charge is 0.391 e. The van der Waals surface area contributed by atoms with Crippen LogP contribution in [0.2, 0.25) is 0 Å². The zero-order chi connectivity index (χ0) is 39.5. The minimum atomic E-state index is -1.52. The van der Waals surface area contributed by atoms with E-state index in [2.05, 4.69) is 38.8 Å². The third kappa shape index (κ3) is 22.2. The molecule has 0 aromatic heterocycles. The molecule has 0 saturated heterocycles. The molecule has 0 rings (SSSR count). The highest BCUT2D eigenvalue weighted by atomic mass is 16.3. The van der Waals surface area contributed by atoms with E-state index in [1.54, 1.807) is 13.8 Å². The van der Waals surface area contributed by atoms with Gasteiger partial charge < -0.3 is 42.7 Å². The van der Waals surface area contributed by atoms with Gasteiger partial charge in [-0.15, -0.1) is 0 Å². The number of carbonyl (C=O) groups is 7. The smallest absolute Gasteiger partial charge is 0.245 e. The summed E-state index contributed by atoms with van der Waals surface area (Å²) in [6, 6.07) is -4.90. The molecule has 0 heterocycles. The van der Waals surface area contributed by atoms with Crippen LogP contribution in [0.1, 0.15) is 144 Å². The summed E-state index contributed by atoms with van der Waals surface area (Å²) < 4.78 is 0. The fraction of sp³-hybridized carbons (Fsp3) is 0.811. The number of carbonyl (C=O) groups excluding carboxylic acids is 7. The van der Waals surface area contributed by atoms with Gasteiger partial charge in [-0.2, -0.15) is 0 Å². The summed E-state index contributed by atoms with van der Waals surface area (Å²) in [5.41, 5.74) is 5.30. The Morgan fingerprint density at radius 3 is 1.58 bits per heavy atom. The first-order valence-corrected chi connectivity index (χ1v) is 19.3. The number of hydrogen-bond donors (Lipinski definition) is 8. The van der Waals surface area contributed by atoms with Crippen LogP contribution in [0.25, 0.3) is 0 Å². The zero-order valence-electron chi connectivity index (χ0n) is 32.6. The zero-order valence-corrected chi connectivity index (χ0v) is 32.6. The second kappa shape index (κ2) is 28.8. The Kier molecular flexibility index (Phi) is 26.7. The lowest BCUT2D eigenvalue weighted by Crippen LogP contribution is -2.61. The Morgan fingerprint density at radius 1 is 0.596 bits per heavy atom. The second-order valence-electron chi connectivity index (χ2n) is 13.8. The van der Waals surface area contributed by atoms with Crippen molar-refractivity contribution in [1.29, 1.82) is 0 Å². The molecule has 0 saturated carbocycles. The van der Waals surface area contributed by atoms with Crippen molar-refractivity contribution in [2.45, 2.75) is 174 Å². The van der Waals surface area contributed by atoms with Crippen LogP contribution < -0.4 is 37.6 Å². The fourth-order valence-corrected chi connectivity index (χ4v) is 5.51. The maximum absolute atomic E-state index is 13.4. The van der Waals surface area contributed by atoms with Gasteiger partial charge in [-0.05, 0) is 32.6 Å². The third-order valence-corrected chi connectivity index (χ3v) is 9.15. The van der Waals surface area contributed by atoms with Gasteiger partial charge in [0, 0.05) is 19.9 Å². The van der Waals surface area contributed by atoms with E-state index in [1.807, 2.05) is 0 Å². The number of nitrogens with two attached hydrogens (primary N) is 1. The number of unbranched alkanes of at least 4 members (excludes halogenated alkanes) is 12. The van der Waals surface area contributed by atoms with Crippen molar-refractivity contribution in [2.24, 2.45) is 11.7 Å². The molecule has 52 heavy (non-hydrogen) atoms. The highest BCUT2D eigenvalue weighted by Crippen LogP contribution is 2.14. The molecule has 0 spiro atoms. The topological polar surface area (TPSA) is 238 Å². The van der Waals surface area contributed by atoms with Crippen LogP contribution in [0, 0.1) is 5.92 Å². The molecule has 7 amide bonds. The van der Waals surface area contributed by atoms with Crippen molar-refractivity contribution in [3.63, 3.8) is 0 Å². The van der Waals surface area contributed by atoms with Gasteiger partial charge in [0.1, 0.15) is 24.2 Å². The molecule has 0 aliphatic heterocycles. The van der Waals surface area contributed by atoms with Crippen molar-refractivity contribution in [3.8, 4) is 0 Å². The maximum Gasteiger partial charge on any atom is 0.245 e. The monoisotopic (exact) mass is 740 g/mol. The number of primary amides is 1. The molecule has 9 N–H and O–H groups in total. The third-order valence-electron chi connectivity index (χ3n) is 9.15. The van der Waals surface area contributed by atoms with E-state index in [1.165, 1.54) is 78.7 Å². The maximum atomic E-state index is 13.4. The van der Waals surface area contributed by atoms with E-state index in [9.17, 15) is 38.7 Å². The Labute approximate surface area is 310 Å². The molecule has 0 radical (unpaired) electrons. The Balaban J connectivity index is 5.17. The summed E-state index contributed by atoms with van der Waals surface area (Å²) in [5.74, 6) is -4.85. The average Bonchev–Trinajstić information content (AvgIpc) is 3.10. The SMILES string of the molecule is CCCCCCCCCCCCCCCC(=O)N[C@@H](CCC(N)=O)C(=O)N[C@H](C(=O)NC(C(=O)N[C@@H](C)C(=O)NCC(=O)NC)[C@@H](C)CC)[C@@H](C)O. The van der Waals surface area contributed by atoms with Crippen LogP contribution in [-0.4, -0.2) is 90.3 Å². The van der Waals surface area contributed by atoms with Crippen LogP contribution >= 0.6 is 0 Å². The van der Waals surface area contributed by atoms with Gasteiger partial charge in [-0.3, -0.25) is 33.6 Å². The molecule has 0 bridgehead atoms. The van der Waals surface area contributed by atoms with Crippen molar-refractivity contribution in [2.75, 3.05) is 13.6 Å². The molecular weight excluding hydrogens is 670 g/mol. The number of hydrogen-bond acceptors (Lipinski definition) is 8. The summed E-state index contributed by atoms with van der Waals surface area (Å²) in [7, 11) is 1.42. The second-order valence-corrected chi connectivity index (χ2v) is 13.8. The van der Waals surface area contributed by atoms with Crippen molar-refractivity contribution in [1.82, 2.24) is 31.9 Å². The molecule has 300 valence electrons. The van der Waals surface area contributed by atoms with Crippen LogP contribution in [0.15, 0.2) is 0 Å². The van der Waals surface area contributed by atoms with E-state index in [-0.39, 0.29) is 31.7 Å². The lowest BCUT2D eigenvalue weighted by molar-refractivity contribution is -0.137. The van der Waals surface area contributed by atoms with Gasteiger partial charge in [0.05, 0.1) is 12.6 Å². The number of aliphatic hydroxyl groups excluding tert-OH is 1. The molecule has 0 aliphatic rings. The lowest BCUT2D eigenvalue weighted by Gasteiger charge is -2.29. The van der Waals surface area contributed by atoms with Crippen molar-refractivity contribution >= 4 is 41.4 Å². The Morgan fingerprint density at radius 2 is 1.10 bits per heavy atom. The first-order chi connectivity index (χ1) is 24.7. The van der Waals surface area contributed by atoms with Crippen LogP contribution in [0.3, 0.4) is 0 Å². The number of rotatable bonds is 30. The van der Waals surface area contributed by atoms with Gasteiger partial charge in [0.15, 0.2) is 0 Å². The summed E-state index contributed by atoms with van der Waals surface area (Å²) in [6.07, 6.45) is 14.0. The quantitative estimate of drug-likeness (QED) is 0.0506. The minimum absolute atomic E-state index is 0.114. The van der Waals surface area contributed by atoms with E-state index in [4.69, 9.17) is 5.73 Å². The highest BCUT2D eigenvalue weighted by molar-refractivity contribution is 5.96. The molecule has 0 aliphatic carbocycles. The molecule has 0 aromatic rings. The van der Waals surface area contributed by atoms with Gasteiger partial charge >= 0.3 is 0 Å². The number of aliphatic hydroxyl groups is 1. The van der Waals surface area contributed by atoms with Gasteiger partial charge in [-0.1, -0.05) is 104 Å². The standard InChI is InChI=1S/C37H69N7O8/c1-7-9-10-11-12-13-14-15-16-17-18-19-20-21-30(47)42-28(22-23-29(38)46)35(50)44-33(27(5)45)37(52)43-32(25(3)8-2)36(51)41-26(4)34(49)40-24-31(48)39-6/h25-28,32-33,45H,7-24H2,1-6H3,(H2,38,46)(H,39,48)(H,40,49)(H,41,51)(H,42,47)(H,43,52)(H,44,50)/t25-,26-,27+,28-,32?,33-/m0/s1. The normalized spacial score (nSPS) is 14.4. The number of nitrogens with one attached hydrogen (secondary N) is 6. The van der Waals surface area contributed by atoms with Crippen LogP contribution in [-0.2, 0) is 33.6 Å². The lowest BCUT2D eigenvalue weighted by atomic mass is 9.97. The molecule has 15 nitrogen and oxygen atoms in total. The molecular formula is C37H69N7O8.